The van der Waals surface area contributed by atoms with Crippen molar-refractivity contribution >= 4 is 23.7 Å². The van der Waals surface area contributed by atoms with E-state index in [2.05, 4.69) is 5.32 Å². The van der Waals surface area contributed by atoms with E-state index in [4.69, 9.17) is 14.7 Å². The zero-order chi connectivity index (χ0) is 21.6. The number of anilines is 1. The molecule has 1 aliphatic rings. The van der Waals surface area contributed by atoms with Crippen LogP contribution in [0.3, 0.4) is 0 Å². The summed E-state index contributed by atoms with van der Waals surface area (Å²) in [5, 5.41) is 11.7. The molecule has 156 valence electrons. The van der Waals surface area contributed by atoms with Gasteiger partial charge >= 0.3 is 12.1 Å². The van der Waals surface area contributed by atoms with E-state index < -0.39 is 29.7 Å². The summed E-state index contributed by atoms with van der Waals surface area (Å²) in [6, 6.07) is 8.59. The number of ether oxygens (including phenoxy) is 2. The number of hydrogen-bond donors (Lipinski definition) is 1. The van der Waals surface area contributed by atoms with Crippen molar-refractivity contribution in [3.8, 4) is 6.07 Å². The van der Waals surface area contributed by atoms with E-state index >= 15 is 0 Å². The number of nitriles is 1. The van der Waals surface area contributed by atoms with Gasteiger partial charge in [-0.05, 0) is 52.7 Å². The van der Waals surface area contributed by atoms with Gasteiger partial charge in [0.05, 0.1) is 17.2 Å². The normalized spacial score (nSPS) is 15.8. The van der Waals surface area contributed by atoms with Gasteiger partial charge in [-0.2, -0.15) is 5.26 Å². The van der Waals surface area contributed by atoms with E-state index in [1.807, 2.05) is 6.07 Å². The SMILES string of the molecule is C[C@@H](OC(=O)C1CCN(C(=O)OC(C)(C)C)CC1)C(=O)Nc1ccccc1C#N. The molecule has 1 N–H and O–H groups in total. The maximum Gasteiger partial charge on any atom is 0.410 e. The summed E-state index contributed by atoms with van der Waals surface area (Å²) in [6.45, 7) is 7.68. The number of esters is 1. The first-order chi connectivity index (χ1) is 13.6. The summed E-state index contributed by atoms with van der Waals surface area (Å²) in [5.41, 5.74) is 0.127. The Bertz CT molecular complexity index is 801. The van der Waals surface area contributed by atoms with Crippen molar-refractivity contribution in [2.24, 2.45) is 5.92 Å². The molecule has 1 aliphatic heterocycles. The predicted molar refractivity (Wildman–Crippen MR) is 106 cm³/mol. The molecule has 1 aromatic rings. The van der Waals surface area contributed by atoms with E-state index in [1.165, 1.54) is 6.92 Å². The molecule has 8 heteroatoms. The summed E-state index contributed by atoms with van der Waals surface area (Å²) in [6.07, 6.45) is -0.501. The van der Waals surface area contributed by atoms with Gasteiger partial charge in [-0.25, -0.2) is 4.79 Å². The molecular formula is C21H27N3O5. The summed E-state index contributed by atoms with van der Waals surface area (Å²) < 4.78 is 10.6. The van der Waals surface area contributed by atoms with E-state index in [1.54, 1.807) is 49.9 Å². The Kier molecular flexibility index (Phi) is 7.21. The lowest BCUT2D eigenvalue weighted by Crippen LogP contribution is -2.43. The second-order valence-electron chi connectivity index (χ2n) is 7.97. The number of benzene rings is 1. The molecule has 0 radical (unpaired) electrons. The number of carbonyl (C=O) groups excluding carboxylic acids is 3. The maximum absolute atomic E-state index is 12.4. The summed E-state index contributed by atoms with van der Waals surface area (Å²) in [7, 11) is 0. The van der Waals surface area contributed by atoms with Crippen molar-refractivity contribution in [2.45, 2.75) is 52.2 Å². The average Bonchev–Trinajstić information content (AvgIpc) is 2.67. The lowest BCUT2D eigenvalue weighted by atomic mass is 9.97. The quantitative estimate of drug-likeness (QED) is 0.777. The molecule has 2 rings (SSSR count). The fraction of sp³-hybridized carbons (Fsp3) is 0.524. The van der Waals surface area contributed by atoms with Gasteiger partial charge in [0.15, 0.2) is 6.10 Å². The highest BCUT2D eigenvalue weighted by molar-refractivity contribution is 5.96. The molecule has 0 saturated carbocycles. The highest BCUT2D eigenvalue weighted by Crippen LogP contribution is 2.22. The lowest BCUT2D eigenvalue weighted by molar-refractivity contribution is -0.158. The smallest absolute Gasteiger partial charge is 0.410 e. The van der Waals surface area contributed by atoms with Crippen molar-refractivity contribution in [3.05, 3.63) is 29.8 Å². The molecule has 0 aromatic heterocycles. The molecule has 0 spiro atoms. The van der Waals surface area contributed by atoms with Crippen molar-refractivity contribution in [3.63, 3.8) is 0 Å². The van der Waals surface area contributed by atoms with Crippen molar-refractivity contribution in [2.75, 3.05) is 18.4 Å². The topological polar surface area (TPSA) is 109 Å². The summed E-state index contributed by atoms with van der Waals surface area (Å²) >= 11 is 0. The van der Waals surface area contributed by atoms with Crippen LogP contribution >= 0.6 is 0 Å². The zero-order valence-corrected chi connectivity index (χ0v) is 17.2. The van der Waals surface area contributed by atoms with Gasteiger partial charge in [-0.3, -0.25) is 9.59 Å². The van der Waals surface area contributed by atoms with Crippen LogP contribution < -0.4 is 5.32 Å². The maximum atomic E-state index is 12.4. The third-order valence-electron chi connectivity index (χ3n) is 4.45. The number of likely N-dealkylation sites (tertiary alicyclic amines) is 1. The van der Waals surface area contributed by atoms with Crippen LogP contribution in [0.25, 0.3) is 0 Å². The molecule has 0 bridgehead atoms. The minimum Gasteiger partial charge on any atom is -0.452 e. The molecule has 0 unspecified atom stereocenters. The third-order valence-corrected chi connectivity index (χ3v) is 4.45. The fourth-order valence-corrected chi connectivity index (χ4v) is 2.87. The van der Waals surface area contributed by atoms with E-state index in [0.29, 0.717) is 37.2 Å². The zero-order valence-electron chi connectivity index (χ0n) is 17.2. The molecular weight excluding hydrogens is 374 g/mol. The van der Waals surface area contributed by atoms with Crippen LogP contribution in [0.2, 0.25) is 0 Å². The van der Waals surface area contributed by atoms with Gasteiger partial charge < -0.3 is 19.7 Å². The second kappa shape index (κ2) is 9.41. The van der Waals surface area contributed by atoms with Gasteiger partial charge in [-0.15, -0.1) is 0 Å². The highest BCUT2D eigenvalue weighted by Gasteiger charge is 2.32. The standard InChI is InChI=1S/C21H27N3O5/c1-14(18(25)23-17-8-6-5-7-16(17)13-22)28-19(26)15-9-11-24(12-10-15)20(27)29-21(2,3)4/h5-8,14-15H,9-12H2,1-4H3,(H,23,25)/t14-/m1/s1. The summed E-state index contributed by atoms with van der Waals surface area (Å²) in [5.74, 6) is -1.35. The Morgan fingerprint density at radius 3 is 2.41 bits per heavy atom. The number of piperidine rings is 1. The Morgan fingerprint density at radius 2 is 1.83 bits per heavy atom. The monoisotopic (exact) mass is 401 g/mol. The van der Waals surface area contributed by atoms with Crippen LogP contribution in [0, 0.1) is 17.2 Å². The van der Waals surface area contributed by atoms with E-state index in [-0.39, 0.29) is 5.92 Å². The van der Waals surface area contributed by atoms with Crippen molar-refractivity contribution in [1.82, 2.24) is 4.90 Å². The van der Waals surface area contributed by atoms with Crippen LogP contribution in [0.15, 0.2) is 24.3 Å². The number of nitrogens with zero attached hydrogens (tertiary/aromatic N) is 2. The molecule has 1 saturated heterocycles. The van der Waals surface area contributed by atoms with Crippen LogP contribution in [-0.4, -0.2) is 47.7 Å². The third kappa shape index (κ3) is 6.49. The molecule has 1 aromatic carbocycles. The van der Waals surface area contributed by atoms with Gasteiger partial charge in [0.2, 0.25) is 0 Å². The fourth-order valence-electron chi connectivity index (χ4n) is 2.87. The van der Waals surface area contributed by atoms with Crippen LogP contribution in [0.4, 0.5) is 10.5 Å². The molecule has 1 heterocycles. The second-order valence-corrected chi connectivity index (χ2v) is 7.97. The first-order valence-electron chi connectivity index (χ1n) is 9.59. The Labute approximate surface area is 170 Å². The molecule has 2 amide bonds. The Morgan fingerprint density at radius 1 is 1.21 bits per heavy atom. The number of rotatable bonds is 4. The number of hydrogen-bond acceptors (Lipinski definition) is 6. The molecule has 29 heavy (non-hydrogen) atoms. The molecule has 1 atom stereocenters. The number of nitrogens with one attached hydrogen (secondary N) is 1. The van der Waals surface area contributed by atoms with Gasteiger partial charge in [-0.1, -0.05) is 12.1 Å². The number of para-hydroxylation sites is 1. The van der Waals surface area contributed by atoms with Gasteiger partial charge in [0.1, 0.15) is 11.7 Å². The first kappa shape index (κ1) is 22.2. The number of carbonyl (C=O) groups is 3. The van der Waals surface area contributed by atoms with E-state index in [0.717, 1.165) is 0 Å². The average molecular weight is 401 g/mol. The van der Waals surface area contributed by atoms with Gasteiger partial charge in [0, 0.05) is 13.1 Å². The Hall–Kier alpha value is -3.08. The number of amides is 2. The van der Waals surface area contributed by atoms with Crippen LogP contribution in [0.5, 0.6) is 0 Å². The minimum atomic E-state index is -1.00. The van der Waals surface area contributed by atoms with Crippen LogP contribution in [-0.2, 0) is 19.1 Å². The molecule has 1 fully saturated rings. The minimum absolute atomic E-state index is 0.328. The Balaban J connectivity index is 1.84. The lowest BCUT2D eigenvalue weighted by Gasteiger charge is -2.32. The van der Waals surface area contributed by atoms with Crippen LogP contribution in [0.1, 0.15) is 46.1 Å². The summed E-state index contributed by atoms with van der Waals surface area (Å²) in [4.78, 5) is 38.4. The van der Waals surface area contributed by atoms with Crippen molar-refractivity contribution < 1.29 is 23.9 Å². The highest BCUT2D eigenvalue weighted by atomic mass is 16.6. The first-order valence-corrected chi connectivity index (χ1v) is 9.59. The molecule has 8 nitrogen and oxygen atoms in total. The predicted octanol–water partition coefficient (Wildman–Crippen LogP) is 3.08. The molecule has 0 aliphatic carbocycles. The van der Waals surface area contributed by atoms with Crippen molar-refractivity contribution in [1.29, 1.82) is 5.26 Å². The van der Waals surface area contributed by atoms with Gasteiger partial charge in [0.25, 0.3) is 5.91 Å². The van der Waals surface area contributed by atoms with E-state index in [9.17, 15) is 14.4 Å². The largest absolute Gasteiger partial charge is 0.452 e.